The van der Waals surface area contributed by atoms with Crippen LogP contribution in [0.25, 0.3) is 22.0 Å². The van der Waals surface area contributed by atoms with Crippen molar-refractivity contribution in [2.24, 2.45) is 0 Å². The van der Waals surface area contributed by atoms with Gasteiger partial charge in [0.1, 0.15) is 5.82 Å². The third kappa shape index (κ3) is 3.78. The quantitative estimate of drug-likeness (QED) is 0.505. The highest BCUT2D eigenvalue weighted by atomic mass is 16.5. The Balaban J connectivity index is 1.81. The smallest absolute Gasteiger partial charge is 0.222 e. The SMILES string of the molecule is COc1ccc(-c2ccc3nc(N)nc(Nc4cccc(C)c4)c3c2)cc1OC. The van der Waals surface area contributed by atoms with Crippen LogP contribution >= 0.6 is 0 Å². The van der Waals surface area contributed by atoms with Crippen LogP contribution in [0.2, 0.25) is 0 Å². The minimum Gasteiger partial charge on any atom is -0.493 e. The third-order valence-electron chi connectivity index (χ3n) is 4.71. The van der Waals surface area contributed by atoms with Crippen molar-refractivity contribution in [2.75, 3.05) is 25.3 Å². The number of nitrogen functional groups attached to an aromatic ring is 1. The molecule has 3 N–H and O–H groups in total. The molecule has 0 saturated heterocycles. The average Bonchev–Trinajstić information content (AvgIpc) is 2.73. The van der Waals surface area contributed by atoms with E-state index in [2.05, 4.69) is 21.4 Å². The summed E-state index contributed by atoms with van der Waals surface area (Å²) in [5.41, 5.74) is 10.8. The number of aromatic nitrogens is 2. The van der Waals surface area contributed by atoms with Crippen LogP contribution in [0.3, 0.4) is 0 Å². The summed E-state index contributed by atoms with van der Waals surface area (Å²) in [7, 11) is 3.25. The van der Waals surface area contributed by atoms with Crippen molar-refractivity contribution in [1.82, 2.24) is 9.97 Å². The number of ether oxygens (including phenoxy) is 2. The van der Waals surface area contributed by atoms with Gasteiger partial charge in [-0.05, 0) is 60.0 Å². The van der Waals surface area contributed by atoms with E-state index >= 15 is 0 Å². The fraction of sp³-hybridized carbons (Fsp3) is 0.130. The van der Waals surface area contributed by atoms with Crippen molar-refractivity contribution in [3.05, 3.63) is 66.2 Å². The summed E-state index contributed by atoms with van der Waals surface area (Å²) in [5, 5.41) is 4.25. The van der Waals surface area contributed by atoms with E-state index in [4.69, 9.17) is 15.2 Å². The maximum atomic E-state index is 5.93. The minimum absolute atomic E-state index is 0.228. The Morgan fingerprint density at radius 1 is 0.828 bits per heavy atom. The zero-order chi connectivity index (χ0) is 20.4. The highest BCUT2D eigenvalue weighted by Gasteiger charge is 2.11. The number of nitrogens with two attached hydrogens (primary N) is 1. The second kappa shape index (κ2) is 7.67. The van der Waals surface area contributed by atoms with Gasteiger partial charge in [-0.25, -0.2) is 4.98 Å². The Bertz CT molecular complexity index is 1190. The molecule has 29 heavy (non-hydrogen) atoms. The number of fused-ring (bicyclic) bond motifs is 1. The predicted octanol–water partition coefficient (Wildman–Crippen LogP) is 4.95. The summed E-state index contributed by atoms with van der Waals surface area (Å²) in [6.07, 6.45) is 0. The molecule has 6 nitrogen and oxygen atoms in total. The predicted molar refractivity (Wildman–Crippen MR) is 117 cm³/mol. The van der Waals surface area contributed by atoms with Gasteiger partial charge in [0.15, 0.2) is 11.5 Å². The topological polar surface area (TPSA) is 82.3 Å². The largest absolute Gasteiger partial charge is 0.493 e. The van der Waals surface area contributed by atoms with Crippen LogP contribution in [-0.4, -0.2) is 24.2 Å². The number of aryl methyl sites for hydroxylation is 1. The van der Waals surface area contributed by atoms with Gasteiger partial charge in [0.05, 0.1) is 19.7 Å². The standard InChI is InChI=1S/C23H22N4O2/c1-14-5-4-6-17(11-14)25-22-18-12-15(7-9-19(18)26-23(24)27-22)16-8-10-20(28-2)21(13-16)29-3/h4-13H,1-3H3,(H3,24,25,26,27). The molecule has 0 radical (unpaired) electrons. The van der Waals surface area contributed by atoms with Gasteiger partial charge >= 0.3 is 0 Å². The van der Waals surface area contributed by atoms with Gasteiger partial charge in [0.2, 0.25) is 5.95 Å². The van der Waals surface area contributed by atoms with Crippen molar-refractivity contribution >= 4 is 28.4 Å². The number of hydrogen-bond donors (Lipinski definition) is 2. The molecule has 1 aromatic heterocycles. The molecule has 6 heteroatoms. The van der Waals surface area contributed by atoms with E-state index in [0.717, 1.165) is 33.3 Å². The summed E-state index contributed by atoms with van der Waals surface area (Å²) in [4.78, 5) is 8.81. The zero-order valence-corrected chi connectivity index (χ0v) is 16.6. The molecule has 146 valence electrons. The first-order valence-corrected chi connectivity index (χ1v) is 9.21. The van der Waals surface area contributed by atoms with Gasteiger partial charge in [-0.1, -0.05) is 24.3 Å². The number of nitrogens with one attached hydrogen (secondary N) is 1. The van der Waals surface area contributed by atoms with Crippen LogP contribution in [0, 0.1) is 6.92 Å². The minimum atomic E-state index is 0.228. The summed E-state index contributed by atoms with van der Waals surface area (Å²) < 4.78 is 10.8. The van der Waals surface area contributed by atoms with Gasteiger partial charge in [-0.3, -0.25) is 0 Å². The monoisotopic (exact) mass is 386 g/mol. The number of hydrogen-bond acceptors (Lipinski definition) is 6. The molecule has 0 aliphatic carbocycles. The second-order valence-electron chi connectivity index (χ2n) is 6.73. The number of methoxy groups -OCH3 is 2. The van der Waals surface area contributed by atoms with Crippen LogP contribution in [0.5, 0.6) is 11.5 Å². The molecule has 4 rings (SSSR count). The highest BCUT2D eigenvalue weighted by molar-refractivity contribution is 5.95. The molecule has 0 bridgehead atoms. The Kier molecular flexibility index (Phi) is 4.91. The average molecular weight is 386 g/mol. The highest BCUT2D eigenvalue weighted by Crippen LogP contribution is 2.34. The fourth-order valence-electron chi connectivity index (χ4n) is 3.30. The Labute approximate surface area is 169 Å². The zero-order valence-electron chi connectivity index (χ0n) is 16.6. The van der Waals surface area contributed by atoms with Crippen molar-refractivity contribution in [3.63, 3.8) is 0 Å². The van der Waals surface area contributed by atoms with Crippen LogP contribution in [0.4, 0.5) is 17.5 Å². The molecule has 0 aliphatic rings. The van der Waals surface area contributed by atoms with Gasteiger partial charge in [-0.15, -0.1) is 0 Å². The van der Waals surface area contributed by atoms with E-state index in [-0.39, 0.29) is 5.95 Å². The molecule has 0 aliphatic heterocycles. The van der Waals surface area contributed by atoms with Crippen molar-refractivity contribution in [3.8, 4) is 22.6 Å². The van der Waals surface area contributed by atoms with Gasteiger partial charge in [-0.2, -0.15) is 4.98 Å². The van der Waals surface area contributed by atoms with Crippen molar-refractivity contribution < 1.29 is 9.47 Å². The third-order valence-corrected chi connectivity index (χ3v) is 4.71. The van der Waals surface area contributed by atoms with E-state index in [1.807, 2.05) is 61.5 Å². The van der Waals surface area contributed by atoms with Gasteiger partial charge in [0, 0.05) is 11.1 Å². The lowest BCUT2D eigenvalue weighted by Gasteiger charge is -2.13. The molecule has 0 atom stereocenters. The molecule has 0 spiro atoms. The Morgan fingerprint density at radius 3 is 2.34 bits per heavy atom. The number of benzene rings is 3. The van der Waals surface area contributed by atoms with Crippen LogP contribution in [0.1, 0.15) is 5.56 Å². The van der Waals surface area contributed by atoms with E-state index < -0.39 is 0 Å². The van der Waals surface area contributed by atoms with Crippen LogP contribution < -0.4 is 20.5 Å². The Hall–Kier alpha value is -3.80. The molecular weight excluding hydrogens is 364 g/mol. The number of rotatable bonds is 5. The van der Waals surface area contributed by atoms with Crippen LogP contribution in [0.15, 0.2) is 60.7 Å². The van der Waals surface area contributed by atoms with Crippen molar-refractivity contribution in [2.45, 2.75) is 6.92 Å². The normalized spacial score (nSPS) is 10.7. The first-order chi connectivity index (χ1) is 14.1. The summed E-state index contributed by atoms with van der Waals surface area (Å²) >= 11 is 0. The Morgan fingerprint density at radius 2 is 1.59 bits per heavy atom. The maximum Gasteiger partial charge on any atom is 0.222 e. The van der Waals surface area contributed by atoms with Crippen molar-refractivity contribution in [1.29, 1.82) is 0 Å². The number of nitrogens with zero attached hydrogens (tertiary/aromatic N) is 2. The maximum absolute atomic E-state index is 5.93. The van der Waals surface area contributed by atoms with E-state index in [1.54, 1.807) is 14.2 Å². The lowest BCUT2D eigenvalue weighted by atomic mass is 10.0. The van der Waals surface area contributed by atoms with Gasteiger partial charge in [0.25, 0.3) is 0 Å². The molecule has 0 unspecified atom stereocenters. The first kappa shape index (κ1) is 18.6. The van der Waals surface area contributed by atoms with E-state index in [0.29, 0.717) is 17.3 Å². The molecule has 0 amide bonds. The molecular formula is C23H22N4O2. The summed E-state index contributed by atoms with van der Waals surface area (Å²) in [6, 6.07) is 19.9. The second-order valence-corrected chi connectivity index (χ2v) is 6.73. The molecule has 0 fully saturated rings. The van der Waals surface area contributed by atoms with Gasteiger partial charge < -0.3 is 20.5 Å². The lowest BCUT2D eigenvalue weighted by Crippen LogP contribution is -2.01. The van der Waals surface area contributed by atoms with Crippen LogP contribution in [-0.2, 0) is 0 Å². The molecule has 1 heterocycles. The summed E-state index contributed by atoms with van der Waals surface area (Å²) in [5.74, 6) is 2.26. The lowest BCUT2D eigenvalue weighted by molar-refractivity contribution is 0.355. The molecule has 0 saturated carbocycles. The number of anilines is 3. The molecule has 4 aromatic rings. The van der Waals surface area contributed by atoms with E-state index in [1.165, 1.54) is 0 Å². The molecule has 3 aromatic carbocycles. The van der Waals surface area contributed by atoms with E-state index in [9.17, 15) is 0 Å². The summed E-state index contributed by atoms with van der Waals surface area (Å²) in [6.45, 7) is 2.05. The fourth-order valence-corrected chi connectivity index (χ4v) is 3.30. The first-order valence-electron chi connectivity index (χ1n) is 9.21.